The van der Waals surface area contributed by atoms with Gasteiger partial charge in [-0.15, -0.1) is 6.58 Å². The van der Waals surface area contributed by atoms with E-state index in [0.717, 1.165) is 19.3 Å². The summed E-state index contributed by atoms with van der Waals surface area (Å²) in [5.74, 6) is -0.116. The predicted molar refractivity (Wildman–Crippen MR) is 90.4 cm³/mol. The normalized spacial score (nSPS) is 11.6. The van der Waals surface area contributed by atoms with Crippen LogP contribution in [0.3, 0.4) is 0 Å². The Morgan fingerprint density at radius 2 is 1.68 bits per heavy atom. The van der Waals surface area contributed by atoms with Gasteiger partial charge in [-0.25, -0.2) is 5.43 Å². The van der Waals surface area contributed by atoms with Gasteiger partial charge in [-0.3, -0.25) is 10.2 Å². The first-order valence-corrected chi connectivity index (χ1v) is 7.55. The monoisotopic (exact) mass is 294 g/mol. The zero-order chi connectivity index (χ0) is 15.6. The van der Waals surface area contributed by atoms with Crippen molar-refractivity contribution in [2.75, 3.05) is 0 Å². The van der Waals surface area contributed by atoms with E-state index in [-0.39, 0.29) is 11.9 Å². The van der Waals surface area contributed by atoms with Crippen molar-refractivity contribution < 1.29 is 4.79 Å². The number of hydrogen-bond acceptors (Lipinski definition) is 2. The lowest BCUT2D eigenvalue weighted by atomic mass is 10.0. The minimum Gasteiger partial charge on any atom is -0.287 e. The number of carbonyl (C=O) groups is 1. The molecule has 0 aromatic heterocycles. The summed E-state index contributed by atoms with van der Waals surface area (Å²) in [6.45, 7) is 3.79. The third kappa shape index (κ3) is 5.19. The average Bonchev–Trinajstić information content (AvgIpc) is 2.59. The van der Waals surface area contributed by atoms with Crippen molar-refractivity contribution in [1.29, 1.82) is 0 Å². The number of benzene rings is 2. The fourth-order valence-corrected chi connectivity index (χ4v) is 2.27. The first kappa shape index (κ1) is 16.0. The summed E-state index contributed by atoms with van der Waals surface area (Å²) < 4.78 is 0. The lowest BCUT2D eigenvalue weighted by Crippen LogP contribution is -2.44. The molecule has 0 aliphatic heterocycles. The maximum Gasteiger partial charge on any atom is 0.265 e. The number of amides is 1. The van der Waals surface area contributed by atoms with Gasteiger partial charge in [0.15, 0.2) is 0 Å². The summed E-state index contributed by atoms with van der Waals surface area (Å²) in [6.07, 6.45) is 4.58. The second kappa shape index (κ2) is 8.80. The second-order valence-corrected chi connectivity index (χ2v) is 5.21. The number of nitrogens with one attached hydrogen (secondary N) is 2. The van der Waals surface area contributed by atoms with Gasteiger partial charge in [-0.2, -0.15) is 0 Å². The van der Waals surface area contributed by atoms with Gasteiger partial charge >= 0.3 is 0 Å². The minimum atomic E-state index is -0.116. The quantitative estimate of drug-likeness (QED) is 0.578. The molecule has 22 heavy (non-hydrogen) atoms. The Balaban J connectivity index is 1.83. The van der Waals surface area contributed by atoms with E-state index < -0.39 is 0 Å². The molecule has 1 unspecified atom stereocenters. The minimum absolute atomic E-state index is 0.116. The van der Waals surface area contributed by atoms with Crippen molar-refractivity contribution >= 4 is 5.91 Å². The van der Waals surface area contributed by atoms with Crippen LogP contribution in [-0.2, 0) is 6.42 Å². The maximum absolute atomic E-state index is 12.0. The van der Waals surface area contributed by atoms with Gasteiger partial charge in [0.1, 0.15) is 0 Å². The summed E-state index contributed by atoms with van der Waals surface area (Å²) in [7, 11) is 0. The van der Waals surface area contributed by atoms with Crippen molar-refractivity contribution in [3.63, 3.8) is 0 Å². The Labute approximate surface area is 132 Å². The second-order valence-electron chi connectivity index (χ2n) is 5.21. The van der Waals surface area contributed by atoms with Crippen molar-refractivity contribution in [3.8, 4) is 0 Å². The molecule has 0 saturated heterocycles. The summed E-state index contributed by atoms with van der Waals surface area (Å²) in [5, 5.41) is 0. The molecular formula is C19H22N2O. The maximum atomic E-state index is 12.0. The molecule has 0 radical (unpaired) electrons. The predicted octanol–water partition coefficient (Wildman–Crippen LogP) is 3.50. The van der Waals surface area contributed by atoms with Crippen molar-refractivity contribution in [2.45, 2.75) is 25.3 Å². The fraction of sp³-hybridized carbons (Fsp3) is 0.211. The SMILES string of the molecule is C=CCC(CCc1ccccc1)NNC(=O)c1ccccc1. The summed E-state index contributed by atoms with van der Waals surface area (Å²) in [4.78, 5) is 12.0. The largest absolute Gasteiger partial charge is 0.287 e. The Hall–Kier alpha value is -2.39. The molecule has 0 spiro atoms. The average molecular weight is 294 g/mol. The molecule has 0 heterocycles. The standard InChI is InChI=1S/C19H22N2O/c1-2-9-18(15-14-16-10-5-3-6-11-16)20-21-19(22)17-12-7-4-8-13-17/h2-8,10-13,18,20H,1,9,14-15H2,(H,21,22). The molecule has 0 bridgehead atoms. The van der Waals surface area contributed by atoms with Crippen LogP contribution in [-0.4, -0.2) is 11.9 Å². The number of carbonyl (C=O) groups excluding carboxylic acids is 1. The molecule has 0 aliphatic carbocycles. The molecule has 3 nitrogen and oxygen atoms in total. The van der Waals surface area contributed by atoms with Crippen LogP contribution in [0.15, 0.2) is 73.3 Å². The van der Waals surface area contributed by atoms with Gasteiger partial charge < -0.3 is 0 Å². The lowest BCUT2D eigenvalue weighted by molar-refractivity contribution is 0.0924. The van der Waals surface area contributed by atoms with E-state index >= 15 is 0 Å². The summed E-state index contributed by atoms with van der Waals surface area (Å²) in [6, 6.07) is 19.7. The van der Waals surface area contributed by atoms with Crippen LogP contribution in [0, 0.1) is 0 Å². The van der Waals surface area contributed by atoms with Gasteiger partial charge in [0.2, 0.25) is 0 Å². The highest BCUT2D eigenvalue weighted by atomic mass is 16.2. The summed E-state index contributed by atoms with van der Waals surface area (Å²) in [5.41, 5.74) is 7.85. The van der Waals surface area contributed by atoms with Crippen molar-refractivity contribution in [1.82, 2.24) is 10.9 Å². The molecular weight excluding hydrogens is 272 g/mol. The molecule has 2 aromatic carbocycles. The van der Waals surface area contributed by atoms with Crippen LogP contribution < -0.4 is 10.9 Å². The molecule has 2 aromatic rings. The van der Waals surface area contributed by atoms with Gasteiger partial charge in [0, 0.05) is 11.6 Å². The Bertz CT molecular complexity index is 581. The number of rotatable bonds is 8. The molecule has 3 heteroatoms. The smallest absolute Gasteiger partial charge is 0.265 e. The van der Waals surface area contributed by atoms with Crippen LogP contribution >= 0.6 is 0 Å². The molecule has 114 valence electrons. The van der Waals surface area contributed by atoms with Gasteiger partial charge in [-0.1, -0.05) is 54.6 Å². The number of hydrazine groups is 1. The highest BCUT2D eigenvalue weighted by molar-refractivity contribution is 5.93. The van der Waals surface area contributed by atoms with Crippen molar-refractivity contribution in [3.05, 3.63) is 84.4 Å². The molecule has 1 amide bonds. The Morgan fingerprint density at radius 1 is 1.05 bits per heavy atom. The van der Waals surface area contributed by atoms with Crippen LogP contribution in [0.1, 0.15) is 28.8 Å². The Kier molecular flexibility index (Phi) is 6.39. The van der Waals surface area contributed by atoms with Gasteiger partial charge in [-0.05, 0) is 37.0 Å². The van der Waals surface area contributed by atoms with Crippen molar-refractivity contribution in [2.24, 2.45) is 0 Å². The van der Waals surface area contributed by atoms with E-state index in [1.54, 1.807) is 12.1 Å². The number of aryl methyl sites for hydroxylation is 1. The molecule has 0 aliphatic rings. The van der Waals surface area contributed by atoms with E-state index in [2.05, 4.69) is 29.6 Å². The number of hydrogen-bond donors (Lipinski definition) is 2. The lowest BCUT2D eigenvalue weighted by Gasteiger charge is -2.18. The molecule has 0 fully saturated rings. The van der Waals surface area contributed by atoms with Crippen LogP contribution in [0.4, 0.5) is 0 Å². The first-order chi connectivity index (χ1) is 10.8. The topological polar surface area (TPSA) is 41.1 Å². The van der Waals surface area contributed by atoms with E-state index in [1.165, 1.54) is 5.56 Å². The van der Waals surface area contributed by atoms with E-state index in [9.17, 15) is 4.79 Å². The Morgan fingerprint density at radius 3 is 2.32 bits per heavy atom. The van der Waals surface area contributed by atoms with Crippen LogP contribution in [0.5, 0.6) is 0 Å². The van der Waals surface area contributed by atoms with Crippen LogP contribution in [0.2, 0.25) is 0 Å². The van der Waals surface area contributed by atoms with E-state index in [4.69, 9.17) is 0 Å². The summed E-state index contributed by atoms with van der Waals surface area (Å²) >= 11 is 0. The molecule has 1 atom stereocenters. The zero-order valence-corrected chi connectivity index (χ0v) is 12.7. The highest BCUT2D eigenvalue weighted by Gasteiger charge is 2.09. The fourth-order valence-electron chi connectivity index (χ4n) is 2.27. The van der Waals surface area contributed by atoms with E-state index in [0.29, 0.717) is 5.56 Å². The molecule has 2 N–H and O–H groups in total. The molecule has 2 rings (SSSR count). The van der Waals surface area contributed by atoms with Gasteiger partial charge in [0.25, 0.3) is 5.91 Å². The first-order valence-electron chi connectivity index (χ1n) is 7.55. The third-order valence-electron chi connectivity index (χ3n) is 3.50. The molecule has 0 saturated carbocycles. The zero-order valence-electron chi connectivity index (χ0n) is 12.7. The van der Waals surface area contributed by atoms with Crippen LogP contribution in [0.25, 0.3) is 0 Å². The highest BCUT2D eigenvalue weighted by Crippen LogP contribution is 2.07. The van der Waals surface area contributed by atoms with E-state index in [1.807, 2.05) is 42.5 Å². The third-order valence-corrected chi connectivity index (χ3v) is 3.50. The van der Waals surface area contributed by atoms with Gasteiger partial charge in [0.05, 0.1) is 0 Å².